The van der Waals surface area contributed by atoms with Gasteiger partial charge in [-0.2, -0.15) is 0 Å². The van der Waals surface area contributed by atoms with Gasteiger partial charge in [0.15, 0.2) is 0 Å². The van der Waals surface area contributed by atoms with E-state index < -0.39 is 6.17 Å². The Balaban J connectivity index is 2.09. The molecule has 0 N–H and O–H groups in total. The molecular weight excluding hydrogens is 115 g/mol. The molecule has 0 spiro atoms. The summed E-state index contributed by atoms with van der Waals surface area (Å²) in [5.74, 6) is 0.966. The van der Waals surface area contributed by atoms with Crippen LogP contribution < -0.4 is 0 Å². The number of halogens is 1. The smallest absolute Gasteiger partial charge is 0.103 e. The molecule has 1 rings (SSSR count). The molecule has 0 aliphatic heterocycles. The van der Waals surface area contributed by atoms with Gasteiger partial charge in [-0.15, -0.1) is 0 Å². The van der Waals surface area contributed by atoms with Crippen molar-refractivity contribution in [1.82, 2.24) is 0 Å². The van der Waals surface area contributed by atoms with Gasteiger partial charge < -0.3 is 0 Å². The van der Waals surface area contributed by atoms with Gasteiger partial charge in [-0.05, 0) is 18.3 Å². The zero-order valence-corrected chi connectivity index (χ0v) is 6.23. The van der Waals surface area contributed by atoms with E-state index in [4.69, 9.17) is 0 Å². The molecule has 0 amide bonds. The lowest BCUT2D eigenvalue weighted by Crippen LogP contribution is -2.09. The molecular formula is C8H15F. The molecule has 1 saturated carbocycles. The Morgan fingerprint density at radius 3 is 2.33 bits per heavy atom. The van der Waals surface area contributed by atoms with Crippen LogP contribution in [0.15, 0.2) is 0 Å². The van der Waals surface area contributed by atoms with E-state index in [-0.39, 0.29) is 5.92 Å². The molecule has 1 fully saturated rings. The number of hydrogen-bond donors (Lipinski definition) is 0. The van der Waals surface area contributed by atoms with Crippen LogP contribution in [0.1, 0.15) is 33.1 Å². The molecule has 1 unspecified atom stereocenters. The second kappa shape index (κ2) is 2.68. The van der Waals surface area contributed by atoms with Crippen LogP contribution in [-0.4, -0.2) is 6.17 Å². The van der Waals surface area contributed by atoms with Gasteiger partial charge in [0.2, 0.25) is 0 Å². The highest BCUT2D eigenvalue weighted by atomic mass is 19.1. The quantitative estimate of drug-likeness (QED) is 0.551. The lowest BCUT2D eigenvalue weighted by atomic mass is 10.0. The third-order valence-corrected chi connectivity index (χ3v) is 1.98. The second-order valence-corrected chi connectivity index (χ2v) is 3.44. The summed E-state index contributed by atoms with van der Waals surface area (Å²) in [6, 6.07) is 0. The molecule has 0 aromatic rings. The number of alkyl halides is 1. The number of rotatable bonds is 3. The first-order valence-corrected chi connectivity index (χ1v) is 3.84. The van der Waals surface area contributed by atoms with Crippen LogP contribution in [0.2, 0.25) is 0 Å². The van der Waals surface area contributed by atoms with Crippen molar-refractivity contribution in [2.45, 2.75) is 39.3 Å². The summed E-state index contributed by atoms with van der Waals surface area (Å²) >= 11 is 0. The number of hydrogen-bond acceptors (Lipinski definition) is 0. The molecule has 1 aliphatic carbocycles. The van der Waals surface area contributed by atoms with Gasteiger partial charge in [0.05, 0.1) is 0 Å². The summed E-state index contributed by atoms with van der Waals surface area (Å²) in [5, 5.41) is 0. The van der Waals surface area contributed by atoms with Crippen molar-refractivity contribution in [1.29, 1.82) is 0 Å². The summed E-state index contributed by atoms with van der Waals surface area (Å²) in [7, 11) is 0. The maximum Gasteiger partial charge on any atom is 0.103 e. The summed E-state index contributed by atoms with van der Waals surface area (Å²) in [6.07, 6.45) is 2.82. The zero-order chi connectivity index (χ0) is 6.85. The van der Waals surface area contributed by atoms with Crippen molar-refractivity contribution in [2.75, 3.05) is 0 Å². The van der Waals surface area contributed by atoms with Gasteiger partial charge in [0, 0.05) is 0 Å². The standard InChI is InChI=1S/C8H15F/c1-6(2)8(9)5-7-3-4-7/h6-8H,3-5H2,1-2H3. The molecule has 0 heterocycles. The van der Waals surface area contributed by atoms with Crippen molar-refractivity contribution in [3.05, 3.63) is 0 Å². The Kier molecular flexibility index (Phi) is 2.09. The molecule has 0 saturated heterocycles. The van der Waals surface area contributed by atoms with E-state index in [1.54, 1.807) is 0 Å². The van der Waals surface area contributed by atoms with E-state index in [0.717, 1.165) is 12.3 Å². The van der Waals surface area contributed by atoms with Gasteiger partial charge in [0.1, 0.15) is 6.17 Å². The van der Waals surface area contributed by atoms with Gasteiger partial charge in [-0.3, -0.25) is 0 Å². The first-order chi connectivity index (χ1) is 4.20. The Bertz CT molecular complexity index is 84.6. The molecule has 54 valence electrons. The predicted molar refractivity (Wildman–Crippen MR) is 37.1 cm³/mol. The molecule has 0 aromatic carbocycles. The Morgan fingerprint density at radius 2 is 2.00 bits per heavy atom. The predicted octanol–water partition coefficient (Wildman–Crippen LogP) is 2.78. The van der Waals surface area contributed by atoms with Crippen LogP contribution in [0.5, 0.6) is 0 Å². The minimum absolute atomic E-state index is 0.227. The van der Waals surface area contributed by atoms with Crippen LogP contribution in [-0.2, 0) is 0 Å². The normalized spacial score (nSPS) is 22.7. The maximum atomic E-state index is 12.8. The summed E-state index contributed by atoms with van der Waals surface area (Å²) in [4.78, 5) is 0. The second-order valence-electron chi connectivity index (χ2n) is 3.44. The molecule has 1 atom stereocenters. The molecule has 0 aromatic heterocycles. The van der Waals surface area contributed by atoms with E-state index in [0.29, 0.717) is 0 Å². The van der Waals surface area contributed by atoms with Gasteiger partial charge >= 0.3 is 0 Å². The van der Waals surface area contributed by atoms with Crippen molar-refractivity contribution < 1.29 is 4.39 Å². The summed E-state index contributed by atoms with van der Waals surface area (Å²) < 4.78 is 12.8. The highest BCUT2D eigenvalue weighted by molar-refractivity contribution is 4.77. The van der Waals surface area contributed by atoms with Crippen molar-refractivity contribution in [3.8, 4) is 0 Å². The molecule has 1 heteroatoms. The Morgan fingerprint density at radius 1 is 1.44 bits per heavy atom. The lowest BCUT2D eigenvalue weighted by Gasteiger charge is -2.09. The maximum absolute atomic E-state index is 12.8. The van der Waals surface area contributed by atoms with Crippen LogP contribution >= 0.6 is 0 Å². The van der Waals surface area contributed by atoms with Crippen LogP contribution in [0.3, 0.4) is 0 Å². The zero-order valence-electron chi connectivity index (χ0n) is 6.23. The average Bonchev–Trinajstić information content (AvgIpc) is 2.50. The first kappa shape index (κ1) is 7.04. The van der Waals surface area contributed by atoms with Crippen molar-refractivity contribution >= 4 is 0 Å². The van der Waals surface area contributed by atoms with Crippen molar-refractivity contribution in [3.63, 3.8) is 0 Å². The van der Waals surface area contributed by atoms with Crippen LogP contribution in [0.4, 0.5) is 4.39 Å². The first-order valence-electron chi connectivity index (χ1n) is 3.84. The van der Waals surface area contributed by atoms with E-state index in [9.17, 15) is 4.39 Å². The SMILES string of the molecule is CC(C)C(F)CC1CC1. The summed E-state index contributed by atoms with van der Waals surface area (Å²) in [6.45, 7) is 3.90. The molecule has 9 heavy (non-hydrogen) atoms. The van der Waals surface area contributed by atoms with Crippen LogP contribution in [0, 0.1) is 11.8 Å². The molecule has 0 radical (unpaired) electrons. The van der Waals surface area contributed by atoms with E-state index in [1.165, 1.54) is 12.8 Å². The fraction of sp³-hybridized carbons (Fsp3) is 1.00. The average molecular weight is 130 g/mol. The van der Waals surface area contributed by atoms with Crippen molar-refractivity contribution in [2.24, 2.45) is 11.8 Å². The summed E-state index contributed by atoms with van der Waals surface area (Å²) in [5.41, 5.74) is 0. The largest absolute Gasteiger partial charge is 0.247 e. The highest BCUT2D eigenvalue weighted by Crippen LogP contribution is 2.35. The van der Waals surface area contributed by atoms with Gasteiger partial charge in [-0.25, -0.2) is 4.39 Å². The third kappa shape index (κ3) is 2.33. The molecule has 1 aliphatic rings. The fourth-order valence-corrected chi connectivity index (χ4v) is 0.944. The fourth-order valence-electron chi connectivity index (χ4n) is 0.944. The third-order valence-electron chi connectivity index (χ3n) is 1.98. The molecule has 0 nitrogen and oxygen atoms in total. The monoisotopic (exact) mass is 130 g/mol. The van der Waals surface area contributed by atoms with Gasteiger partial charge in [0.25, 0.3) is 0 Å². The van der Waals surface area contributed by atoms with E-state index in [1.807, 2.05) is 13.8 Å². The lowest BCUT2D eigenvalue weighted by molar-refractivity contribution is 0.230. The van der Waals surface area contributed by atoms with Gasteiger partial charge in [-0.1, -0.05) is 26.7 Å². The van der Waals surface area contributed by atoms with E-state index in [2.05, 4.69) is 0 Å². The Hall–Kier alpha value is -0.0700. The minimum atomic E-state index is -0.544. The molecule has 0 bridgehead atoms. The Labute approximate surface area is 56.5 Å². The van der Waals surface area contributed by atoms with E-state index >= 15 is 0 Å². The minimum Gasteiger partial charge on any atom is -0.247 e. The topological polar surface area (TPSA) is 0 Å². The highest BCUT2D eigenvalue weighted by Gasteiger charge is 2.26. The van der Waals surface area contributed by atoms with Crippen LogP contribution in [0.25, 0.3) is 0 Å².